The topological polar surface area (TPSA) is 67.6 Å². The van der Waals surface area contributed by atoms with E-state index in [1.54, 1.807) is 0 Å². The van der Waals surface area contributed by atoms with Gasteiger partial charge in [0.25, 0.3) is 5.91 Å². The summed E-state index contributed by atoms with van der Waals surface area (Å²) in [7, 11) is 0. The van der Waals surface area contributed by atoms with E-state index in [0.717, 1.165) is 32.0 Å². The molecule has 1 saturated carbocycles. The second-order valence-electron chi connectivity index (χ2n) is 5.06. The molecule has 2 fully saturated rings. The molecule has 0 spiro atoms. The Morgan fingerprint density at radius 3 is 2.76 bits per heavy atom. The maximum absolute atomic E-state index is 11.3. The van der Waals surface area contributed by atoms with Crippen LogP contribution in [0.5, 0.6) is 0 Å². The number of rotatable bonds is 6. The van der Waals surface area contributed by atoms with Crippen molar-refractivity contribution >= 4 is 5.91 Å². The first kappa shape index (κ1) is 12.8. The number of carbonyl (C=O) groups excluding carboxylic acids is 1. The molecule has 1 amide bonds. The van der Waals surface area contributed by atoms with Crippen LogP contribution < -0.4 is 11.3 Å². The standard InChI is InChI=1S/C12H23N3O2/c1-2-7-15(9-3-4-9)8-10-5-6-11(17-10)12(16)14-13/h9-11H,2-8,13H2,1H3,(H,14,16). The highest BCUT2D eigenvalue weighted by Crippen LogP contribution is 2.29. The van der Waals surface area contributed by atoms with E-state index in [1.165, 1.54) is 19.3 Å². The van der Waals surface area contributed by atoms with Crippen LogP contribution in [0.2, 0.25) is 0 Å². The van der Waals surface area contributed by atoms with E-state index in [9.17, 15) is 4.79 Å². The molecular weight excluding hydrogens is 218 g/mol. The van der Waals surface area contributed by atoms with Gasteiger partial charge in [-0.05, 0) is 38.6 Å². The van der Waals surface area contributed by atoms with Crippen molar-refractivity contribution < 1.29 is 9.53 Å². The average molecular weight is 241 g/mol. The first-order chi connectivity index (χ1) is 8.24. The molecular formula is C12H23N3O2. The van der Waals surface area contributed by atoms with Gasteiger partial charge in [-0.3, -0.25) is 15.1 Å². The molecule has 0 radical (unpaired) electrons. The van der Waals surface area contributed by atoms with Gasteiger partial charge < -0.3 is 4.74 Å². The van der Waals surface area contributed by atoms with E-state index in [0.29, 0.717) is 0 Å². The fourth-order valence-electron chi connectivity index (χ4n) is 2.54. The number of nitrogens with one attached hydrogen (secondary N) is 1. The number of carbonyl (C=O) groups is 1. The number of nitrogens with zero attached hydrogens (tertiary/aromatic N) is 1. The second-order valence-corrected chi connectivity index (χ2v) is 5.06. The monoisotopic (exact) mass is 241 g/mol. The molecule has 1 aliphatic carbocycles. The molecule has 0 aromatic rings. The first-order valence-electron chi connectivity index (χ1n) is 6.64. The molecule has 1 heterocycles. The SMILES string of the molecule is CCCN(CC1CCC(C(=O)NN)O1)C1CC1. The summed E-state index contributed by atoms with van der Waals surface area (Å²) in [6, 6.07) is 0.765. The van der Waals surface area contributed by atoms with Crippen LogP contribution in [0.3, 0.4) is 0 Å². The summed E-state index contributed by atoms with van der Waals surface area (Å²) < 4.78 is 5.74. The number of hydrazine groups is 1. The Bertz CT molecular complexity index is 268. The predicted molar refractivity (Wildman–Crippen MR) is 65.1 cm³/mol. The van der Waals surface area contributed by atoms with Crippen LogP contribution in [-0.4, -0.2) is 42.1 Å². The largest absolute Gasteiger partial charge is 0.364 e. The lowest BCUT2D eigenvalue weighted by molar-refractivity contribution is -0.132. The lowest BCUT2D eigenvalue weighted by atomic mass is 10.2. The van der Waals surface area contributed by atoms with Gasteiger partial charge in [-0.1, -0.05) is 6.92 Å². The normalized spacial score (nSPS) is 28.6. The van der Waals surface area contributed by atoms with Gasteiger partial charge in [-0.2, -0.15) is 0 Å². The van der Waals surface area contributed by atoms with Crippen molar-refractivity contribution in [2.24, 2.45) is 5.84 Å². The van der Waals surface area contributed by atoms with E-state index >= 15 is 0 Å². The third kappa shape index (κ3) is 3.40. The molecule has 3 N–H and O–H groups in total. The average Bonchev–Trinajstić information content (AvgIpc) is 3.08. The van der Waals surface area contributed by atoms with Crippen molar-refractivity contribution in [3.8, 4) is 0 Å². The van der Waals surface area contributed by atoms with Crippen molar-refractivity contribution in [3.63, 3.8) is 0 Å². The van der Waals surface area contributed by atoms with Crippen LogP contribution in [0.15, 0.2) is 0 Å². The summed E-state index contributed by atoms with van der Waals surface area (Å²) in [6.45, 7) is 4.31. The van der Waals surface area contributed by atoms with Gasteiger partial charge in [0.15, 0.2) is 0 Å². The van der Waals surface area contributed by atoms with E-state index in [-0.39, 0.29) is 18.1 Å². The Balaban J connectivity index is 1.77. The highest BCUT2D eigenvalue weighted by atomic mass is 16.5. The quantitative estimate of drug-likeness (QED) is 0.401. The lowest BCUT2D eigenvalue weighted by Crippen LogP contribution is -2.40. The Labute approximate surface area is 103 Å². The van der Waals surface area contributed by atoms with Crippen LogP contribution in [0.25, 0.3) is 0 Å². The zero-order valence-electron chi connectivity index (χ0n) is 10.5. The maximum Gasteiger partial charge on any atom is 0.263 e. The lowest BCUT2D eigenvalue weighted by Gasteiger charge is -2.24. The molecule has 5 heteroatoms. The highest BCUT2D eigenvalue weighted by molar-refractivity contribution is 5.80. The second kappa shape index (κ2) is 5.80. The van der Waals surface area contributed by atoms with Crippen LogP contribution in [0.4, 0.5) is 0 Å². The fourth-order valence-corrected chi connectivity index (χ4v) is 2.54. The van der Waals surface area contributed by atoms with Gasteiger partial charge in [0.2, 0.25) is 0 Å². The number of ether oxygens (including phenoxy) is 1. The number of amides is 1. The number of nitrogens with two attached hydrogens (primary N) is 1. The maximum atomic E-state index is 11.3. The minimum atomic E-state index is -0.340. The fraction of sp³-hybridized carbons (Fsp3) is 0.917. The minimum Gasteiger partial charge on any atom is -0.364 e. The molecule has 2 aliphatic rings. The minimum absolute atomic E-state index is 0.194. The molecule has 0 aromatic heterocycles. The summed E-state index contributed by atoms with van der Waals surface area (Å²) in [5.41, 5.74) is 2.16. The van der Waals surface area contributed by atoms with E-state index < -0.39 is 0 Å². The predicted octanol–water partition coefficient (Wildman–Crippen LogP) is 0.398. The van der Waals surface area contributed by atoms with Gasteiger partial charge >= 0.3 is 0 Å². The van der Waals surface area contributed by atoms with Crippen LogP contribution in [0.1, 0.15) is 39.0 Å². The summed E-state index contributed by atoms with van der Waals surface area (Å²) >= 11 is 0. The van der Waals surface area contributed by atoms with Crippen LogP contribution in [0, 0.1) is 0 Å². The summed E-state index contributed by atoms with van der Waals surface area (Å²) in [5, 5.41) is 0. The smallest absolute Gasteiger partial charge is 0.263 e. The third-order valence-electron chi connectivity index (χ3n) is 3.55. The molecule has 17 heavy (non-hydrogen) atoms. The number of hydrogen-bond donors (Lipinski definition) is 2. The van der Waals surface area contributed by atoms with E-state index in [1.807, 2.05) is 0 Å². The molecule has 1 saturated heterocycles. The first-order valence-corrected chi connectivity index (χ1v) is 6.64. The third-order valence-corrected chi connectivity index (χ3v) is 3.55. The molecule has 1 aliphatic heterocycles. The van der Waals surface area contributed by atoms with Gasteiger partial charge in [-0.15, -0.1) is 0 Å². The van der Waals surface area contributed by atoms with Crippen molar-refractivity contribution in [2.45, 2.75) is 57.3 Å². The highest BCUT2D eigenvalue weighted by Gasteiger charge is 2.35. The molecule has 0 bridgehead atoms. The van der Waals surface area contributed by atoms with Crippen molar-refractivity contribution in [1.82, 2.24) is 10.3 Å². The van der Waals surface area contributed by atoms with E-state index in [2.05, 4.69) is 17.2 Å². The summed E-state index contributed by atoms with van der Waals surface area (Å²) in [6.07, 6.45) is 5.43. The molecule has 0 aromatic carbocycles. The number of hydrogen-bond acceptors (Lipinski definition) is 4. The Hall–Kier alpha value is -0.650. The molecule has 98 valence electrons. The Kier molecular flexibility index (Phi) is 4.36. The van der Waals surface area contributed by atoms with E-state index in [4.69, 9.17) is 10.6 Å². The Morgan fingerprint density at radius 1 is 1.41 bits per heavy atom. The Morgan fingerprint density at radius 2 is 2.18 bits per heavy atom. The molecule has 2 rings (SSSR count). The zero-order chi connectivity index (χ0) is 12.3. The van der Waals surface area contributed by atoms with Gasteiger partial charge in [0.05, 0.1) is 6.10 Å². The summed E-state index contributed by atoms with van der Waals surface area (Å²) in [4.78, 5) is 13.8. The summed E-state index contributed by atoms with van der Waals surface area (Å²) in [5.74, 6) is 4.92. The van der Waals surface area contributed by atoms with Crippen molar-refractivity contribution in [3.05, 3.63) is 0 Å². The zero-order valence-corrected chi connectivity index (χ0v) is 10.5. The van der Waals surface area contributed by atoms with Gasteiger partial charge in [0, 0.05) is 12.6 Å². The van der Waals surface area contributed by atoms with Crippen LogP contribution in [-0.2, 0) is 9.53 Å². The molecule has 2 unspecified atom stereocenters. The van der Waals surface area contributed by atoms with Crippen molar-refractivity contribution in [2.75, 3.05) is 13.1 Å². The van der Waals surface area contributed by atoms with Gasteiger partial charge in [0.1, 0.15) is 6.10 Å². The molecule has 5 nitrogen and oxygen atoms in total. The van der Waals surface area contributed by atoms with Gasteiger partial charge in [-0.25, -0.2) is 5.84 Å². The van der Waals surface area contributed by atoms with Crippen LogP contribution >= 0.6 is 0 Å². The molecule has 2 atom stereocenters. The van der Waals surface area contributed by atoms with Crippen molar-refractivity contribution in [1.29, 1.82) is 0 Å².